The first kappa shape index (κ1) is 9.98. The van der Waals surface area contributed by atoms with E-state index in [4.69, 9.17) is 5.11 Å². The van der Waals surface area contributed by atoms with Crippen LogP contribution in [-0.4, -0.2) is 10.1 Å². The van der Waals surface area contributed by atoms with E-state index in [1.807, 2.05) is 0 Å². The van der Waals surface area contributed by atoms with Crippen LogP contribution in [0.3, 0.4) is 0 Å². The molecule has 0 aliphatic rings. The van der Waals surface area contributed by atoms with Crippen LogP contribution >= 0.6 is 0 Å². The van der Waals surface area contributed by atoms with E-state index >= 15 is 0 Å². The Morgan fingerprint density at radius 1 is 1.54 bits per heavy atom. The van der Waals surface area contributed by atoms with E-state index in [9.17, 15) is 13.2 Å². The summed E-state index contributed by atoms with van der Waals surface area (Å²) in [5.74, 6) is -1.04. The third kappa shape index (κ3) is 1.98. The van der Waals surface area contributed by atoms with Crippen molar-refractivity contribution in [3.8, 4) is 0 Å². The molecule has 72 valence electrons. The Labute approximate surface area is 73.0 Å². The lowest BCUT2D eigenvalue weighted by atomic mass is 10.2. The zero-order chi connectivity index (χ0) is 10.0. The van der Waals surface area contributed by atoms with Crippen molar-refractivity contribution in [1.82, 2.24) is 4.98 Å². The number of halogens is 3. The minimum atomic E-state index is -2.95. The van der Waals surface area contributed by atoms with E-state index < -0.39 is 24.5 Å². The highest BCUT2D eigenvalue weighted by atomic mass is 19.3. The van der Waals surface area contributed by atoms with Crippen molar-refractivity contribution < 1.29 is 18.3 Å². The number of nitrogens with zero attached hydrogens (tertiary/aromatic N) is 1. The lowest BCUT2D eigenvalue weighted by Gasteiger charge is -2.06. The number of aromatic nitrogens is 1. The molecule has 1 aromatic heterocycles. The average Bonchev–Trinajstić information content (AvgIpc) is 2.03. The standard InChI is InChI=1S/C8H8F3NO/c1-4-2-5(9)7(8(10)11)12-6(4)3-13/h2,8,13H,3H2,1H3. The number of rotatable bonds is 2. The van der Waals surface area contributed by atoms with Gasteiger partial charge in [0, 0.05) is 0 Å². The topological polar surface area (TPSA) is 33.1 Å². The van der Waals surface area contributed by atoms with Gasteiger partial charge >= 0.3 is 0 Å². The van der Waals surface area contributed by atoms with Gasteiger partial charge in [-0.2, -0.15) is 0 Å². The van der Waals surface area contributed by atoms with Gasteiger partial charge in [-0.25, -0.2) is 18.2 Å². The number of aryl methyl sites for hydroxylation is 1. The van der Waals surface area contributed by atoms with E-state index in [0.29, 0.717) is 5.56 Å². The molecule has 0 amide bonds. The zero-order valence-electron chi connectivity index (χ0n) is 6.89. The second kappa shape index (κ2) is 3.74. The maximum Gasteiger partial charge on any atom is 0.283 e. The Morgan fingerprint density at radius 3 is 2.62 bits per heavy atom. The second-order valence-corrected chi connectivity index (χ2v) is 2.58. The van der Waals surface area contributed by atoms with Crippen molar-refractivity contribution in [2.24, 2.45) is 0 Å². The molecule has 0 spiro atoms. The summed E-state index contributed by atoms with van der Waals surface area (Å²) in [6, 6.07) is 0.944. The van der Waals surface area contributed by atoms with Gasteiger partial charge in [0.15, 0.2) is 5.82 Å². The molecule has 1 rings (SSSR count). The second-order valence-electron chi connectivity index (χ2n) is 2.58. The molecule has 5 heteroatoms. The molecule has 0 fully saturated rings. The van der Waals surface area contributed by atoms with Crippen molar-refractivity contribution >= 4 is 0 Å². The quantitative estimate of drug-likeness (QED) is 0.775. The smallest absolute Gasteiger partial charge is 0.283 e. The number of alkyl halides is 2. The highest BCUT2D eigenvalue weighted by Crippen LogP contribution is 2.21. The number of hydrogen-bond acceptors (Lipinski definition) is 2. The van der Waals surface area contributed by atoms with E-state index in [0.717, 1.165) is 6.07 Å². The SMILES string of the molecule is Cc1cc(F)c(C(F)F)nc1CO. The van der Waals surface area contributed by atoms with Gasteiger partial charge in [-0.3, -0.25) is 0 Å². The number of aliphatic hydroxyl groups excluding tert-OH is 1. The zero-order valence-corrected chi connectivity index (χ0v) is 6.89. The summed E-state index contributed by atoms with van der Waals surface area (Å²) in [4.78, 5) is 3.31. The minimum Gasteiger partial charge on any atom is -0.390 e. The van der Waals surface area contributed by atoms with Crippen LogP contribution in [0.4, 0.5) is 13.2 Å². The van der Waals surface area contributed by atoms with Gasteiger partial charge in [0.2, 0.25) is 0 Å². The predicted molar refractivity (Wildman–Crippen MR) is 39.8 cm³/mol. The predicted octanol–water partition coefficient (Wildman–Crippen LogP) is 1.96. The first-order valence-electron chi connectivity index (χ1n) is 3.61. The molecule has 0 aliphatic heterocycles. The average molecular weight is 191 g/mol. The van der Waals surface area contributed by atoms with Crippen LogP contribution in [0.5, 0.6) is 0 Å². The summed E-state index contributed by atoms with van der Waals surface area (Å²) < 4.78 is 37.0. The van der Waals surface area contributed by atoms with Gasteiger partial charge in [0.1, 0.15) is 5.69 Å². The molecule has 2 nitrogen and oxygen atoms in total. The molecule has 0 aliphatic carbocycles. The van der Waals surface area contributed by atoms with E-state index in [1.165, 1.54) is 6.92 Å². The molecular weight excluding hydrogens is 183 g/mol. The van der Waals surface area contributed by atoms with Crippen LogP contribution in [0, 0.1) is 12.7 Å². The molecular formula is C8H8F3NO. The van der Waals surface area contributed by atoms with Crippen molar-refractivity contribution in [2.45, 2.75) is 20.0 Å². The van der Waals surface area contributed by atoms with Gasteiger partial charge < -0.3 is 5.11 Å². The van der Waals surface area contributed by atoms with Crippen LogP contribution < -0.4 is 0 Å². The summed E-state index contributed by atoms with van der Waals surface area (Å²) in [7, 11) is 0. The van der Waals surface area contributed by atoms with Crippen LogP contribution in [-0.2, 0) is 6.61 Å². The Morgan fingerprint density at radius 2 is 2.15 bits per heavy atom. The summed E-state index contributed by atoms with van der Waals surface area (Å²) in [5.41, 5.74) is -0.462. The summed E-state index contributed by atoms with van der Waals surface area (Å²) in [6.07, 6.45) is -2.95. The third-order valence-electron chi connectivity index (χ3n) is 1.65. The lowest BCUT2D eigenvalue weighted by Crippen LogP contribution is -2.02. The molecule has 0 aromatic carbocycles. The highest BCUT2D eigenvalue weighted by Gasteiger charge is 2.17. The Kier molecular flexibility index (Phi) is 2.87. The van der Waals surface area contributed by atoms with E-state index in [2.05, 4.69) is 4.98 Å². The lowest BCUT2D eigenvalue weighted by molar-refractivity contribution is 0.139. The summed E-state index contributed by atoms with van der Waals surface area (Å²) >= 11 is 0. The number of hydrogen-bond donors (Lipinski definition) is 1. The highest BCUT2D eigenvalue weighted by molar-refractivity contribution is 5.23. The molecule has 0 bridgehead atoms. The molecule has 0 saturated carbocycles. The Balaban J connectivity index is 3.22. The normalized spacial score (nSPS) is 10.9. The molecule has 13 heavy (non-hydrogen) atoms. The van der Waals surface area contributed by atoms with Gasteiger partial charge in [-0.05, 0) is 18.6 Å². The van der Waals surface area contributed by atoms with Gasteiger partial charge in [0.05, 0.1) is 12.3 Å². The first-order chi connectivity index (χ1) is 6.06. The van der Waals surface area contributed by atoms with Gasteiger partial charge in [0.25, 0.3) is 6.43 Å². The molecule has 0 radical (unpaired) electrons. The van der Waals surface area contributed by atoms with Crippen LogP contribution in [0.2, 0.25) is 0 Å². The van der Waals surface area contributed by atoms with Crippen LogP contribution in [0.15, 0.2) is 6.07 Å². The Hall–Kier alpha value is -1.10. The summed E-state index contributed by atoms with van der Waals surface area (Å²) in [5, 5.41) is 8.69. The fraction of sp³-hybridized carbons (Fsp3) is 0.375. The van der Waals surface area contributed by atoms with E-state index in [1.54, 1.807) is 0 Å². The van der Waals surface area contributed by atoms with Crippen LogP contribution in [0.1, 0.15) is 23.4 Å². The molecule has 1 heterocycles. The van der Waals surface area contributed by atoms with Crippen molar-refractivity contribution in [3.63, 3.8) is 0 Å². The minimum absolute atomic E-state index is 0.0803. The monoisotopic (exact) mass is 191 g/mol. The Bertz CT molecular complexity index is 315. The van der Waals surface area contributed by atoms with Crippen molar-refractivity contribution in [2.75, 3.05) is 0 Å². The largest absolute Gasteiger partial charge is 0.390 e. The molecule has 1 N–H and O–H groups in total. The van der Waals surface area contributed by atoms with Crippen molar-refractivity contribution in [3.05, 3.63) is 28.8 Å². The number of aliphatic hydroxyl groups is 1. The van der Waals surface area contributed by atoms with Gasteiger partial charge in [-0.1, -0.05) is 0 Å². The van der Waals surface area contributed by atoms with E-state index in [-0.39, 0.29) is 5.69 Å². The molecule has 0 saturated heterocycles. The van der Waals surface area contributed by atoms with Crippen molar-refractivity contribution in [1.29, 1.82) is 0 Å². The molecule has 0 unspecified atom stereocenters. The third-order valence-corrected chi connectivity index (χ3v) is 1.65. The fourth-order valence-electron chi connectivity index (χ4n) is 0.947. The maximum atomic E-state index is 12.8. The summed E-state index contributed by atoms with van der Waals surface area (Å²) in [6.45, 7) is 1.03. The fourth-order valence-corrected chi connectivity index (χ4v) is 0.947. The maximum absolute atomic E-state index is 12.8. The van der Waals surface area contributed by atoms with Crippen LogP contribution in [0.25, 0.3) is 0 Å². The van der Waals surface area contributed by atoms with Gasteiger partial charge in [-0.15, -0.1) is 0 Å². The molecule has 0 atom stereocenters. The first-order valence-corrected chi connectivity index (χ1v) is 3.61. The molecule has 1 aromatic rings. The number of pyridine rings is 1.